The first kappa shape index (κ1) is 13.3. The van der Waals surface area contributed by atoms with Crippen LogP contribution in [-0.2, 0) is 14.3 Å². The zero-order valence-electron chi connectivity index (χ0n) is 10.7. The van der Waals surface area contributed by atoms with Crippen LogP contribution in [0, 0.1) is 0 Å². The van der Waals surface area contributed by atoms with Crippen molar-refractivity contribution < 1.29 is 14.3 Å². The zero-order chi connectivity index (χ0) is 13.2. The van der Waals surface area contributed by atoms with Gasteiger partial charge in [-0.3, -0.25) is 9.59 Å². The van der Waals surface area contributed by atoms with Crippen molar-refractivity contribution in [3.05, 3.63) is 0 Å². The monoisotopic (exact) mass is 255 g/mol. The quantitative estimate of drug-likeness (QED) is 0.618. The van der Waals surface area contributed by atoms with E-state index in [2.05, 4.69) is 10.6 Å². The molecule has 1 saturated heterocycles. The van der Waals surface area contributed by atoms with Crippen LogP contribution in [0.5, 0.6) is 0 Å². The Kier molecular flexibility index (Phi) is 3.87. The summed E-state index contributed by atoms with van der Waals surface area (Å²) in [5.74, 6) is -0.397. The fourth-order valence-electron chi connectivity index (χ4n) is 1.92. The van der Waals surface area contributed by atoms with Gasteiger partial charge in [-0.25, -0.2) is 0 Å². The Bertz CT molecular complexity index is 335. The second-order valence-corrected chi connectivity index (χ2v) is 5.25. The summed E-state index contributed by atoms with van der Waals surface area (Å²) in [6, 6.07) is -0.242. The van der Waals surface area contributed by atoms with E-state index in [-0.39, 0.29) is 11.8 Å². The van der Waals surface area contributed by atoms with E-state index in [1.54, 1.807) is 6.92 Å². The van der Waals surface area contributed by atoms with E-state index in [1.165, 1.54) is 0 Å². The maximum Gasteiger partial charge on any atom is 0.242 e. The van der Waals surface area contributed by atoms with Gasteiger partial charge in [-0.15, -0.1) is 0 Å². The average Bonchev–Trinajstić information content (AvgIpc) is 3.13. The first-order chi connectivity index (χ1) is 8.51. The largest absolute Gasteiger partial charge is 0.381 e. The molecule has 1 aliphatic carbocycles. The van der Waals surface area contributed by atoms with E-state index < -0.39 is 11.6 Å². The third-order valence-electron chi connectivity index (χ3n) is 3.50. The highest BCUT2D eigenvalue weighted by molar-refractivity contribution is 5.92. The van der Waals surface area contributed by atoms with Gasteiger partial charge in [-0.05, 0) is 32.6 Å². The number of ether oxygens (including phenoxy) is 1. The lowest BCUT2D eigenvalue weighted by Gasteiger charge is -2.32. The van der Waals surface area contributed by atoms with Crippen LogP contribution in [0.2, 0.25) is 0 Å². The molecule has 6 heteroatoms. The fraction of sp³-hybridized carbons (Fsp3) is 0.833. The normalized spacial score (nSPS) is 24.1. The van der Waals surface area contributed by atoms with E-state index >= 15 is 0 Å². The summed E-state index contributed by atoms with van der Waals surface area (Å²) in [5, 5.41) is 5.55. The molecule has 102 valence electrons. The zero-order valence-corrected chi connectivity index (χ0v) is 10.7. The summed E-state index contributed by atoms with van der Waals surface area (Å²) in [6.07, 6.45) is 3.06. The Hall–Kier alpha value is -1.14. The Morgan fingerprint density at radius 1 is 1.33 bits per heavy atom. The van der Waals surface area contributed by atoms with Gasteiger partial charge in [-0.1, -0.05) is 0 Å². The maximum atomic E-state index is 12.1. The lowest BCUT2D eigenvalue weighted by atomic mass is 9.90. The molecule has 1 aliphatic heterocycles. The summed E-state index contributed by atoms with van der Waals surface area (Å²) in [7, 11) is 0. The minimum absolute atomic E-state index is 0.137. The molecule has 0 aromatic rings. The Labute approximate surface area is 107 Å². The predicted molar refractivity (Wildman–Crippen MR) is 65.7 cm³/mol. The summed E-state index contributed by atoms with van der Waals surface area (Å²) in [6.45, 7) is 2.66. The first-order valence-electron chi connectivity index (χ1n) is 6.49. The molecule has 2 aliphatic rings. The second-order valence-electron chi connectivity index (χ2n) is 5.25. The summed E-state index contributed by atoms with van der Waals surface area (Å²) >= 11 is 0. The Morgan fingerprint density at radius 2 is 1.94 bits per heavy atom. The van der Waals surface area contributed by atoms with Gasteiger partial charge in [0.05, 0.1) is 5.54 Å². The van der Waals surface area contributed by atoms with Crippen molar-refractivity contribution in [1.82, 2.24) is 10.6 Å². The van der Waals surface area contributed by atoms with Crippen LogP contribution in [0.15, 0.2) is 0 Å². The molecule has 0 aromatic carbocycles. The van der Waals surface area contributed by atoms with Crippen molar-refractivity contribution in [2.45, 2.75) is 50.2 Å². The number of hydrogen-bond acceptors (Lipinski definition) is 4. The molecule has 0 bridgehead atoms. The van der Waals surface area contributed by atoms with Crippen LogP contribution in [0.3, 0.4) is 0 Å². The molecule has 0 aromatic heterocycles. The van der Waals surface area contributed by atoms with Gasteiger partial charge in [0.2, 0.25) is 11.8 Å². The van der Waals surface area contributed by atoms with Crippen molar-refractivity contribution in [3.63, 3.8) is 0 Å². The van der Waals surface area contributed by atoms with Gasteiger partial charge in [0.25, 0.3) is 0 Å². The lowest BCUT2D eigenvalue weighted by molar-refractivity contribution is -0.134. The molecule has 18 heavy (non-hydrogen) atoms. The van der Waals surface area contributed by atoms with Gasteiger partial charge in [0.1, 0.15) is 6.04 Å². The maximum absolute atomic E-state index is 12.1. The summed E-state index contributed by atoms with van der Waals surface area (Å²) in [4.78, 5) is 23.8. The third-order valence-corrected chi connectivity index (χ3v) is 3.50. The molecular weight excluding hydrogens is 234 g/mol. The smallest absolute Gasteiger partial charge is 0.242 e. The minimum atomic E-state index is -0.896. The van der Waals surface area contributed by atoms with Crippen molar-refractivity contribution >= 4 is 11.8 Å². The SMILES string of the molecule is CC(NC(=O)C1(N)CCOCC1)C(=O)NC1CC1. The van der Waals surface area contributed by atoms with Crippen LogP contribution in [-0.4, -0.2) is 42.7 Å². The lowest BCUT2D eigenvalue weighted by Crippen LogP contribution is -2.60. The second kappa shape index (κ2) is 5.24. The number of carbonyl (C=O) groups is 2. The van der Waals surface area contributed by atoms with Gasteiger partial charge in [0, 0.05) is 19.3 Å². The molecule has 2 amide bonds. The third kappa shape index (κ3) is 3.20. The molecule has 1 heterocycles. The summed E-state index contributed by atoms with van der Waals surface area (Å²) < 4.78 is 5.19. The summed E-state index contributed by atoms with van der Waals surface area (Å²) in [5.41, 5.74) is 5.14. The van der Waals surface area contributed by atoms with Crippen molar-refractivity contribution in [3.8, 4) is 0 Å². The molecule has 2 rings (SSSR count). The Morgan fingerprint density at radius 3 is 2.50 bits per heavy atom. The number of nitrogens with two attached hydrogens (primary N) is 1. The topological polar surface area (TPSA) is 93.5 Å². The molecule has 1 unspecified atom stereocenters. The molecule has 1 atom stereocenters. The van der Waals surface area contributed by atoms with E-state index in [4.69, 9.17) is 10.5 Å². The standard InChI is InChI=1S/C12H21N3O3/c1-8(10(16)15-9-2-3-9)14-11(17)12(13)4-6-18-7-5-12/h8-9H,2-7,13H2,1H3,(H,14,17)(H,15,16). The van der Waals surface area contributed by atoms with Gasteiger partial charge in [-0.2, -0.15) is 0 Å². The molecule has 1 saturated carbocycles. The molecule has 6 nitrogen and oxygen atoms in total. The fourth-order valence-corrected chi connectivity index (χ4v) is 1.92. The van der Waals surface area contributed by atoms with E-state index in [0.717, 1.165) is 12.8 Å². The van der Waals surface area contributed by atoms with Crippen molar-refractivity contribution in [2.24, 2.45) is 5.73 Å². The van der Waals surface area contributed by atoms with Crippen LogP contribution < -0.4 is 16.4 Å². The number of nitrogens with one attached hydrogen (secondary N) is 2. The highest BCUT2D eigenvalue weighted by Gasteiger charge is 2.37. The van der Waals surface area contributed by atoms with Gasteiger partial charge in [0.15, 0.2) is 0 Å². The van der Waals surface area contributed by atoms with E-state index in [0.29, 0.717) is 32.1 Å². The van der Waals surface area contributed by atoms with Gasteiger partial charge >= 0.3 is 0 Å². The molecular formula is C12H21N3O3. The molecule has 0 radical (unpaired) electrons. The molecule has 0 spiro atoms. The molecule has 4 N–H and O–H groups in total. The van der Waals surface area contributed by atoms with E-state index in [9.17, 15) is 9.59 Å². The highest BCUT2D eigenvalue weighted by Crippen LogP contribution is 2.19. The minimum Gasteiger partial charge on any atom is -0.381 e. The average molecular weight is 255 g/mol. The van der Waals surface area contributed by atoms with Crippen LogP contribution in [0.25, 0.3) is 0 Å². The number of carbonyl (C=O) groups excluding carboxylic acids is 2. The number of rotatable bonds is 4. The van der Waals surface area contributed by atoms with Crippen molar-refractivity contribution in [2.75, 3.05) is 13.2 Å². The van der Waals surface area contributed by atoms with Crippen LogP contribution in [0.1, 0.15) is 32.6 Å². The number of hydrogen-bond donors (Lipinski definition) is 3. The highest BCUT2D eigenvalue weighted by atomic mass is 16.5. The predicted octanol–water partition coefficient (Wildman–Crippen LogP) is -0.722. The van der Waals surface area contributed by atoms with Crippen molar-refractivity contribution in [1.29, 1.82) is 0 Å². The van der Waals surface area contributed by atoms with Crippen LogP contribution >= 0.6 is 0 Å². The van der Waals surface area contributed by atoms with E-state index in [1.807, 2.05) is 0 Å². The number of amides is 2. The van der Waals surface area contributed by atoms with Crippen LogP contribution in [0.4, 0.5) is 0 Å². The molecule has 2 fully saturated rings. The van der Waals surface area contributed by atoms with Gasteiger partial charge < -0.3 is 21.1 Å². The Balaban J connectivity index is 1.83. The first-order valence-corrected chi connectivity index (χ1v) is 6.49.